The molecule has 2 aliphatic rings. The van der Waals surface area contributed by atoms with E-state index in [0.29, 0.717) is 29.2 Å². The van der Waals surface area contributed by atoms with Gasteiger partial charge in [0, 0.05) is 42.5 Å². The Balaban J connectivity index is 1.46. The summed E-state index contributed by atoms with van der Waals surface area (Å²) in [5.74, 6) is 0.134. The van der Waals surface area contributed by atoms with Gasteiger partial charge in [-0.15, -0.1) is 0 Å². The van der Waals surface area contributed by atoms with Gasteiger partial charge >= 0.3 is 0 Å². The van der Waals surface area contributed by atoms with Crippen LogP contribution in [0.3, 0.4) is 0 Å². The minimum absolute atomic E-state index is 0.00684. The highest BCUT2D eigenvalue weighted by Gasteiger charge is 2.35. The first-order chi connectivity index (χ1) is 16.2. The molecule has 4 N–H and O–H groups in total. The lowest BCUT2D eigenvalue weighted by atomic mass is 10.1. The van der Waals surface area contributed by atoms with Crippen molar-refractivity contribution in [2.45, 2.75) is 36.7 Å². The average Bonchev–Trinajstić information content (AvgIpc) is 3.68. The predicted octanol–water partition coefficient (Wildman–Crippen LogP) is 2.72. The van der Waals surface area contributed by atoms with Crippen LogP contribution in [0.2, 0.25) is 0 Å². The Hall–Kier alpha value is -3.50. The Morgan fingerprint density at radius 2 is 1.79 bits per heavy atom. The van der Waals surface area contributed by atoms with Gasteiger partial charge in [0.15, 0.2) is 0 Å². The summed E-state index contributed by atoms with van der Waals surface area (Å²) >= 11 is 0. The number of sulfonamides is 1. The maximum atomic E-state index is 12.8. The second-order valence-electron chi connectivity index (χ2n) is 8.78. The molecule has 1 saturated carbocycles. The number of benzene rings is 2. The number of hydrogen-bond donors (Lipinski definition) is 3. The van der Waals surface area contributed by atoms with Crippen LogP contribution in [0.5, 0.6) is 0 Å². The molecule has 2 aromatic carbocycles. The summed E-state index contributed by atoms with van der Waals surface area (Å²) in [5.41, 5.74) is 9.92. The molecule has 0 radical (unpaired) electrons. The van der Waals surface area contributed by atoms with E-state index in [0.717, 1.165) is 24.0 Å². The monoisotopic (exact) mass is 478 g/mol. The van der Waals surface area contributed by atoms with Crippen molar-refractivity contribution in [3.63, 3.8) is 0 Å². The van der Waals surface area contributed by atoms with Gasteiger partial charge in [-0.25, -0.2) is 18.4 Å². The number of amides is 1. The third kappa shape index (κ3) is 4.10. The second kappa shape index (κ2) is 8.37. The van der Waals surface area contributed by atoms with Gasteiger partial charge in [0.2, 0.25) is 10.0 Å². The van der Waals surface area contributed by atoms with Gasteiger partial charge in [-0.05, 0) is 44.0 Å². The molecule has 1 amide bonds. The van der Waals surface area contributed by atoms with Crippen LogP contribution in [0.1, 0.15) is 30.1 Å². The number of nitrogens with two attached hydrogens (primary N) is 1. The summed E-state index contributed by atoms with van der Waals surface area (Å²) in [7, 11) is -1.89. The highest BCUT2D eigenvalue weighted by molar-refractivity contribution is 7.89. The van der Waals surface area contributed by atoms with Gasteiger partial charge in [-0.3, -0.25) is 4.79 Å². The molecule has 9 nitrogen and oxygen atoms in total. The quantitative estimate of drug-likeness (QED) is 0.514. The van der Waals surface area contributed by atoms with E-state index in [1.165, 1.54) is 4.31 Å². The molecule has 1 aromatic heterocycles. The first-order valence-electron chi connectivity index (χ1n) is 11.1. The first kappa shape index (κ1) is 22.3. The van der Waals surface area contributed by atoms with Crippen molar-refractivity contribution in [2.24, 2.45) is 0 Å². The largest absolute Gasteiger partial charge is 0.382 e. The van der Waals surface area contributed by atoms with Crippen LogP contribution in [0.4, 0.5) is 11.5 Å². The average molecular weight is 479 g/mol. The number of nitrogens with zero attached hydrogens (tertiary/aromatic N) is 3. The molecular weight excluding hydrogens is 452 g/mol. The summed E-state index contributed by atoms with van der Waals surface area (Å²) in [6.45, 7) is 2.54. The number of carbonyl (C=O) groups is 1. The number of aromatic nitrogens is 2. The second-order valence-corrected chi connectivity index (χ2v) is 10.8. The van der Waals surface area contributed by atoms with Crippen LogP contribution in [0.25, 0.3) is 22.5 Å². The fraction of sp³-hybridized carbons (Fsp3) is 0.292. The molecule has 10 heteroatoms. The minimum atomic E-state index is -3.52. The fourth-order valence-electron chi connectivity index (χ4n) is 4.00. The van der Waals surface area contributed by atoms with E-state index >= 15 is 0 Å². The highest BCUT2D eigenvalue weighted by atomic mass is 32.2. The molecule has 34 heavy (non-hydrogen) atoms. The standard InChI is InChI=1S/C24H26N6O3S/c1-14-12-26-20-11-16(5-10-19(20)24(31)28-14)22-23(25)27-13-21(29-22)15-3-8-18(9-4-15)34(32,33)30(2)17-6-7-17/h3-5,8-11,13-14,17,26H,6-7,12H2,1-2H3,(H2,25,27)(H,28,31). The summed E-state index contributed by atoms with van der Waals surface area (Å²) in [5, 5.41) is 6.22. The van der Waals surface area contributed by atoms with E-state index in [-0.39, 0.29) is 28.7 Å². The van der Waals surface area contributed by atoms with E-state index < -0.39 is 10.0 Å². The summed E-state index contributed by atoms with van der Waals surface area (Å²) in [6, 6.07) is 12.1. The van der Waals surface area contributed by atoms with Crippen LogP contribution < -0.4 is 16.4 Å². The molecule has 176 valence electrons. The van der Waals surface area contributed by atoms with Gasteiger partial charge in [0.1, 0.15) is 11.5 Å². The molecule has 1 aliphatic carbocycles. The molecule has 1 atom stereocenters. The lowest BCUT2D eigenvalue weighted by Crippen LogP contribution is -2.34. The number of carbonyl (C=O) groups excluding carboxylic acids is 1. The van der Waals surface area contributed by atoms with Gasteiger partial charge in [-0.2, -0.15) is 4.31 Å². The van der Waals surface area contributed by atoms with Gasteiger partial charge < -0.3 is 16.4 Å². The zero-order valence-corrected chi connectivity index (χ0v) is 19.8. The Morgan fingerprint density at radius 1 is 1.09 bits per heavy atom. The zero-order valence-electron chi connectivity index (χ0n) is 18.9. The predicted molar refractivity (Wildman–Crippen MR) is 131 cm³/mol. The van der Waals surface area contributed by atoms with E-state index in [2.05, 4.69) is 15.6 Å². The number of anilines is 2. The smallest absolute Gasteiger partial charge is 0.253 e. The van der Waals surface area contributed by atoms with Crippen LogP contribution in [0, 0.1) is 0 Å². The SMILES string of the molecule is CC1CNc2cc(-c3nc(-c4ccc(S(=O)(=O)N(C)C5CC5)cc4)cnc3N)ccc2C(=O)N1. The number of rotatable bonds is 5. The van der Waals surface area contributed by atoms with Crippen molar-refractivity contribution >= 4 is 27.4 Å². The lowest BCUT2D eigenvalue weighted by Gasteiger charge is -2.16. The Kier molecular flexibility index (Phi) is 5.49. The van der Waals surface area contributed by atoms with E-state index in [4.69, 9.17) is 10.7 Å². The Bertz CT molecular complexity index is 1370. The molecule has 1 fully saturated rings. The normalized spacial score (nSPS) is 18.1. The number of nitrogen functional groups attached to an aromatic ring is 1. The zero-order chi connectivity index (χ0) is 24.0. The molecule has 0 spiro atoms. The molecule has 1 aliphatic heterocycles. The third-order valence-electron chi connectivity index (χ3n) is 6.20. The topological polar surface area (TPSA) is 130 Å². The molecule has 0 bridgehead atoms. The summed E-state index contributed by atoms with van der Waals surface area (Å²) in [4.78, 5) is 21.7. The van der Waals surface area contributed by atoms with Crippen molar-refractivity contribution in [2.75, 3.05) is 24.6 Å². The Morgan fingerprint density at radius 3 is 2.50 bits per heavy atom. The third-order valence-corrected chi connectivity index (χ3v) is 8.13. The van der Waals surface area contributed by atoms with Crippen LogP contribution in [0.15, 0.2) is 53.6 Å². The van der Waals surface area contributed by atoms with Gasteiger partial charge in [-0.1, -0.05) is 18.2 Å². The highest BCUT2D eigenvalue weighted by Crippen LogP contribution is 2.32. The van der Waals surface area contributed by atoms with Crippen LogP contribution in [-0.4, -0.2) is 54.3 Å². The number of hydrogen-bond acceptors (Lipinski definition) is 7. The maximum Gasteiger partial charge on any atom is 0.253 e. The molecular formula is C24H26N6O3S. The summed E-state index contributed by atoms with van der Waals surface area (Å²) < 4.78 is 27.0. The molecule has 1 unspecified atom stereocenters. The van der Waals surface area contributed by atoms with Gasteiger partial charge in [0.25, 0.3) is 5.91 Å². The molecule has 5 rings (SSSR count). The maximum absolute atomic E-state index is 12.8. The Labute approximate surface area is 198 Å². The molecule has 2 heterocycles. The van der Waals surface area contributed by atoms with E-state index in [9.17, 15) is 13.2 Å². The van der Waals surface area contributed by atoms with E-state index in [1.54, 1.807) is 49.6 Å². The van der Waals surface area contributed by atoms with Crippen LogP contribution >= 0.6 is 0 Å². The van der Waals surface area contributed by atoms with Crippen molar-refractivity contribution < 1.29 is 13.2 Å². The van der Waals surface area contributed by atoms with Crippen molar-refractivity contribution in [3.05, 3.63) is 54.2 Å². The summed E-state index contributed by atoms with van der Waals surface area (Å²) in [6.07, 6.45) is 3.37. The van der Waals surface area contributed by atoms with Crippen molar-refractivity contribution in [1.29, 1.82) is 0 Å². The van der Waals surface area contributed by atoms with Gasteiger partial charge in [0.05, 0.1) is 22.3 Å². The molecule has 3 aromatic rings. The van der Waals surface area contributed by atoms with Crippen LogP contribution in [-0.2, 0) is 10.0 Å². The van der Waals surface area contributed by atoms with Crippen molar-refractivity contribution in [1.82, 2.24) is 19.6 Å². The van der Waals surface area contributed by atoms with Crippen molar-refractivity contribution in [3.8, 4) is 22.5 Å². The van der Waals surface area contributed by atoms with E-state index in [1.807, 2.05) is 13.0 Å². The lowest BCUT2D eigenvalue weighted by molar-refractivity contribution is 0.0945. The fourth-order valence-corrected chi connectivity index (χ4v) is 5.42. The number of nitrogens with one attached hydrogen (secondary N) is 2. The minimum Gasteiger partial charge on any atom is -0.382 e. The first-order valence-corrected chi connectivity index (χ1v) is 12.6. The molecule has 0 saturated heterocycles. The number of fused-ring (bicyclic) bond motifs is 1.